The van der Waals surface area contributed by atoms with Crippen molar-refractivity contribution in [3.05, 3.63) is 24.4 Å². The highest BCUT2D eigenvalue weighted by molar-refractivity contribution is 5.89. The van der Waals surface area contributed by atoms with E-state index in [1.54, 1.807) is 11.1 Å². The Balaban J connectivity index is 2.35. The van der Waals surface area contributed by atoms with Crippen LogP contribution in [0.2, 0.25) is 0 Å². The molecule has 0 aromatic rings. The number of esters is 1. The molecule has 0 amide bonds. The third kappa shape index (κ3) is 0.586. The minimum atomic E-state index is -0.361. The van der Waals surface area contributed by atoms with E-state index in [0.29, 0.717) is 12.4 Å². The summed E-state index contributed by atoms with van der Waals surface area (Å²) in [7, 11) is 0. The van der Waals surface area contributed by atoms with Crippen molar-refractivity contribution in [1.82, 2.24) is 4.90 Å². The van der Waals surface area contributed by atoms with Gasteiger partial charge in [-0.2, -0.15) is 0 Å². The van der Waals surface area contributed by atoms with E-state index in [2.05, 4.69) is 4.74 Å². The lowest BCUT2D eigenvalue weighted by Crippen LogP contribution is -2.23. The topological polar surface area (TPSA) is 38.8 Å². The fourth-order valence-electron chi connectivity index (χ4n) is 0.849. The van der Waals surface area contributed by atoms with Crippen molar-refractivity contribution in [2.45, 2.75) is 0 Å². The van der Waals surface area contributed by atoms with Crippen LogP contribution in [0, 0.1) is 0 Å². The first-order valence-corrected chi connectivity index (χ1v) is 2.84. The maximum Gasteiger partial charge on any atom is 0.363 e. The fraction of sp³-hybridized carbons (Fsp3) is 0.167. The van der Waals surface area contributed by atoms with Gasteiger partial charge >= 0.3 is 5.97 Å². The van der Waals surface area contributed by atoms with Crippen LogP contribution in [0.1, 0.15) is 0 Å². The quantitative estimate of drug-likeness (QED) is 0.447. The van der Waals surface area contributed by atoms with E-state index in [9.17, 15) is 4.79 Å². The Hall–Kier alpha value is -1.45. The molecule has 0 aromatic heterocycles. The van der Waals surface area contributed by atoms with Crippen LogP contribution in [-0.2, 0) is 14.3 Å². The van der Waals surface area contributed by atoms with Crippen LogP contribution in [0.4, 0.5) is 0 Å². The molecule has 2 aliphatic heterocycles. The predicted molar refractivity (Wildman–Crippen MR) is 31.1 cm³/mol. The predicted octanol–water partition coefficient (Wildman–Crippen LogP) is 0.145. The largest absolute Gasteiger partial charge is 0.478 e. The molecule has 2 aliphatic rings. The van der Waals surface area contributed by atoms with Gasteiger partial charge in [-0.3, -0.25) is 0 Å². The van der Waals surface area contributed by atoms with Crippen molar-refractivity contribution < 1.29 is 14.3 Å². The van der Waals surface area contributed by atoms with Gasteiger partial charge < -0.3 is 14.4 Å². The van der Waals surface area contributed by atoms with E-state index < -0.39 is 0 Å². The number of hydrogen-bond acceptors (Lipinski definition) is 4. The third-order valence-electron chi connectivity index (χ3n) is 1.34. The molecule has 0 saturated heterocycles. The molecule has 0 N–H and O–H groups in total. The van der Waals surface area contributed by atoms with Gasteiger partial charge in [-0.15, -0.1) is 0 Å². The first kappa shape index (κ1) is 5.34. The van der Waals surface area contributed by atoms with Gasteiger partial charge in [0.2, 0.25) is 0 Å². The molecule has 0 atom stereocenters. The first-order chi connectivity index (χ1) is 4.88. The van der Waals surface area contributed by atoms with E-state index in [4.69, 9.17) is 4.74 Å². The summed E-state index contributed by atoms with van der Waals surface area (Å²) in [6.07, 6.45) is 4.39. The Morgan fingerprint density at radius 2 is 2.50 bits per heavy atom. The highest BCUT2D eigenvalue weighted by Crippen LogP contribution is 2.17. The molecule has 0 aromatic carbocycles. The zero-order valence-corrected chi connectivity index (χ0v) is 5.11. The fourth-order valence-corrected chi connectivity index (χ4v) is 0.849. The van der Waals surface area contributed by atoms with Gasteiger partial charge in [0.25, 0.3) is 0 Å². The SMILES string of the molecule is O=C1OC=CN2COC=C12. The Bertz CT molecular complexity index is 231. The van der Waals surface area contributed by atoms with Crippen LogP contribution in [0.15, 0.2) is 24.4 Å². The number of ether oxygens (including phenoxy) is 2. The summed E-state index contributed by atoms with van der Waals surface area (Å²) in [6, 6.07) is 0. The van der Waals surface area contributed by atoms with Gasteiger partial charge in [0.1, 0.15) is 12.5 Å². The Labute approximate surface area is 57.3 Å². The summed E-state index contributed by atoms with van der Waals surface area (Å²) in [5.41, 5.74) is 0.461. The van der Waals surface area contributed by atoms with Gasteiger partial charge in [-0.05, 0) is 0 Å². The molecule has 4 heteroatoms. The highest BCUT2D eigenvalue weighted by atomic mass is 16.5. The molecule has 0 radical (unpaired) electrons. The molecule has 2 rings (SSSR count). The van der Waals surface area contributed by atoms with Crippen molar-refractivity contribution in [3.8, 4) is 0 Å². The van der Waals surface area contributed by atoms with Crippen molar-refractivity contribution in [2.24, 2.45) is 0 Å². The second-order valence-corrected chi connectivity index (χ2v) is 1.96. The van der Waals surface area contributed by atoms with Crippen molar-refractivity contribution in [1.29, 1.82) is 0 Å². The van der Waals surface area contributed by atoms with E-state index in [1.165, 1.54) is 12.5 Å². The second kappa shape index (κ2) is 1.76. The average Bonchev–Trinajstić information content (AvgIpc) is 2.36. The first-order valence-electron chi connectivity index (χ1n) is 2.84. The highest BCUT2D eigenvalue weighted by Gasteiger charge is 2.25. The summed E-state index contributed by atoms with van der Waals surface area (Å²) in [4.78, 5) is 12.5. The molecule has 2 heterocycles. The number of fused-ring (bicyclic) bond motifs is 1. The summed E-state index contributed by atoms with van der Waals surface area (Å²) in [5, 5.41) is 0. The zero-order chi connectivity index (χ0) is 6.97. The lowest BCUT2D eigenvalue weighted by Gasteiger charge is -2.16. The van der Waals surface area contributed by atoms with Crippen LogP contribution in [0.3, 0.4) is 0 Å². The Morgan fingerprint density at radius 3 is 3.30 bits per heavy atom. The van der Waals surface area contributed by atoms with E-state index in [0.717, 1.165) is 0 Å². The zero-order valence-electron chi connectivity index (χ0n) is 5.11. The van der Waals surface area contributed by atoms with Gasteiger partial charge in [0.15, 0.2) is 12.4 Å². The van der Waals surface area contributed by atoms with Crippen LogP contribution in [-0.4, -0.2) is 17.6 Å². The second-order valence-electron chi connectivity index (χ2n) is 1.96. The van der Waals surface area contributed by atoms with Gasteiger partial charge in [0.05, 0.1) is 0 Å². The smallest absolute Gasteiger partial charge is 0.363 e. The van der Waals surface area contributed by atoms with Crippen LogP contribution in [0.25, 0.3) is 0 Å². The maximum absolute atomic E-state index is 10.8. The lowest BCUT2D eigenvalue weighted by atomic mass is 10.4. The minimum absolute atomic E-state index is 0.361. The van der Waals surface area contributed by atoms with Gasteiger partial charge in [-0.1, -0.05) is 0 Å². The Morgan fingerprint density at radius 1 is 1.60 bits per heavy atom. The number of hydrogen-bond donors (Lipinski definition) is 0. The van der Waals surface area contributed by atoms with E-state index in [-0.39, 0.29) is 5.97 Å². The number of carbonyl (C=O) groups excluding carboxylic acids is 1. The summed E-state index contributed by atoms with van der Waals surface area (Å²) < 4.78 is 9.46. The number of cyclic esters (lactones) is 1. The van der Waals surface area contributed by atoms with Crippen molar-refractivity contribution in [3.63, 3.8) is 0 Å². The normalized spacial score (nSPS) is 21.4. The molecule has 10 heavy (non-hydrogen) atoms. The molecular weight excluding hydrogens is 134 g/mol. The Kier molecular flexibility index (Phi) is 0.943. The summed E-state index contributed by atoms with van der Waals surface area (Å²) >= 11 is 0. The van der Waals surface area contributed by atoms with E-state index in [1.807, 2.05) is 0 Å². The summed E-state index contributed by atoms with van der Waals surface area (Å²) in [6.45, 7) is 0.404. The molecule has 0 fully saturated rings. The number of nitrogens with zero attached hydrogens (tertiary/aromatic N) is 1. The van der Waals surface area contributed by atoms with E-state index >= 15 is 0 Å². The molecule has 0 spiro atoms. The molecule has 0 aliphatic carbocycles. The molecule has 4 nitrogen and oxygen atoms in total. The molecule has 52 valence electrons. The minimum Gasteiger partial charge on any atom is -0.478 e. The average molecular weight is 139 g/mol. The van der Waals surface area contributed by atoms with Crippen LogP contribution in [0.5, 0.6) is 0 Å². The molecular formula is C6H5NO3. The standard InChI is InChI=1S/C6H5NO3/c8-6-5-3-9-4-7(5)1-2-10-6/h1-3H,4H2. The number of carbonyl (C=O) groups is 1. The van der Waals surface area contributed by atoms with Crippen LogP contribution >= 0.6 is 0 Å². The third-order valence-corrected chi connectivity index (χ3v) is 1.34. The van der Waals surface area contributed by atoms with Gasteiger partial charge in [0, 0.05) is 6.20 Å². The molecule has 0 saturated carbocycles. The van der Waals surface area contributed by atoms with Crippen LogP contribution < -0.4 is 0 Å². The van der Waals surface area contributed by atoms with Gasteiger partial charge in [-0.25, -0.2) is 4.79 Å². The number of rotatable bonds is 0. The van der Waals surface area contributed by atoms with Crippen molar-refractivity contribution >= 4 is 5.97 Å². The van der Waals surface area contributed by atoms with Crippen molar-refractivity contribution in [2.75, 3.05) is 6.73 Å². The molecule has 0 bridgehead atoms. The molecule has 0 unspecified atom stereocenters. The lowest BCUT2D eigenvalue weighted by molar-refractivity contribution is -0.136. The monoisotopic (exact) mass is 139 g/mol. The summed E-state index contributed by atoms with van der Waals surface area (Å²) in [5.74, 6) is -0.361. The maximum atomic E-state index is 10.8.